The number of fused-ring (bicyclic) bond motifs is 1. The van der Waals surface area contributed by atoms with Crippen LogP contribution in [0.3, 0.4) is 0 Å². The molecule has 1 aliphatic rings. The summed E-state index contributed by atoms with van der Waals surface area (Å²) < 4.78 is 0.889. The number of hydrogen-bond donors (Lipinski definition) is 1. The number of hydrogen-bond acceptors (Lipinski definition) is 4. The zero-order chi connectivity index (χ0) is 24.8. The van der Waals surface area contributed by atoms with Gasteiger partial charge in [0, 0.05) is 30.5 Å². The number of benzene rings is 2. The van der Waals surface area contributed by atoms with Crippen LogP contribution in [0, 0.1) is 5.92 Å². The molecule has 180 valence electrons. The predicted octanol–water partition coefficient (Wildman–Crippen LogP) is 4.01. The first-order chi connectivity index (χ1) is 16.2. The van der Waals surface area contributed by atoms with Crippen LogP contribution in [-0.4, -0.2) is 52.6 Å². The average Bonchev–Trinajstić information content (AvgIpc) is 3.05. The molecule has 34 heavy (non-hydrogen) atoms. The molecule has 1 atom stereocenters. The normalized spacial score (nSPS) is 13.7. The molecular formula is C26H30BrN3O4. The summed E-state index contributed by atoms with van der Waals surface area (Å²) in [5, 5.41) is 2.90. The monoisotopic (exact) mass is 527 g/mol. The third kappa shape index (κ3) is 6.11. The lowest BCUT2D eigenvalue weighted by atomic mass is 10.1. The van der Waals surface area contributed by atoms with Crippen LogP contribution in [0.1, 0.15) is 59.9 Å². The van der Waals surface area contributed by atoms with Gasteiger partial charge in [-0.25, -0.2) is 0 Å². The molecule has 1 N–H and O–H groups in total. The molecule has 3 rings (SSSR count). The summed E-state index contributed by atoms with van der Waals surface area (Å²) in [4.78, 5) is 53.8. The van der Waals surface area contributed by atoms with Gasteiger partial charge in [-0.3, -0.25) is 24.1 Å². The molecule has 1 heterocycles. The predicted molar refractivity (Wildman–Crippen MR) is 133 cm³/mol. The fourth-order valence-electron chi connectivity index (χ4n) is 3.84. The van der Waals surface area contributed by atoms with Gasteiger partial charge in [0.15, 0.2) is 0 Å². The molecule has 0 saturated heterocycles. The van der Waals surface area contributed by atoms with Crippen molar-refractivity contribution in [3.8, 4) is 0 Å². The van der Waals surface area contributed by atoms with Crippen molar-refractivity contribution in [2.45, 2.75) is 46.2 Å². The molecule has 4 amide bonds. The van der Waals surface area contributed by atoms with E-state index in [9.17, 15) is 19.2 Å². The van der Waals surface area contributed by atoms with E-state index in [1.54, 1.807) is 36.1 Å². The first kappa shape index (κ1) is 25.6. The van der Waals surface area contributed by atoms with Gasteiger partial charge in [0.1, 0.15) is 6.04 Å². The lowest BCUT2D eigenvalue weighted by Crippen LogP contribution is -2.48. The van der Waals surface area contributed by atoms with Gasteiger partial charge in [-0.05, 0) is 49.1 Å². The fourth-order valence-corrected chi connectivity index (χ4v) is 4.29. The summed E-state index contributed by atoms with van der Waals surface area (Å²) in [5.41, 5.74) is 1.68. The molecule has 1 aliphatic heterocycles. The first-order valence-corrected chi connectivity index (χ1v) is 12.2. The number of rotatable bonds is 10. The summed E-state index contributed by atoms with van der Waals surface area (Å²) in [6.07, 6.45) is 0.433. The molecule has 0 aliphatic carbocycles. The maximum atomic E-state index is 13.2. The SMILES string of the molecule is CC(C)CNC(=O)[C@H](C)N(Cc1cccc(Br)c1)C(=O)CCCN1C(=O)c2ccccc2C1=O. The zero-order valence-electron chi connectivity index (χ0n) is 19.7. The van der Waals surface area contributed by atoms with Crippen LogP contribution in [-0.2, 0) is 16.1 Å². The van der Waals surface area contributed by atoms with Crippen molar-refractivity contribution in [1.82, 2.24) is 15.1 Å². The highest BCUT2D eigenvalue weighted by molar-refractivity contribution is 9.10. The van der Waals surface area contributed by atoms with Gasteiger partial charge in [-0.2, -0.15) is 0 Å². The highest BCUT2D eigenvalue weighted by Gasteiger charge is 2.35. The van der Waals surface area contributed by atoms with Gasteiger partial charge in [0.2, 0.25) is 11.8 Å². The number of amides is 4. The summed E-state index contributed by atoms with van der Waals surface area (Å²) in [6, 6.07) is 13.7. The second kappa shape index (κ2) is 11.4. The molecule has 0 radical (unpaired) electrons. The Morgan fingerprint density at radius 1 is 1.00 bits per heavy atom. The second-order valence-electron chi connectivity index (χ2n) is 8.88. The molecule has 0 saturated carbocycles. The fraction of sp³-hybridized carbons (Fsp3) is 0.385. The van der Waals surface area contributed by atoms with Crippen molar-refractivity contribution in [2.24, 2.45) is 5.92 Å². The number of nitrogens with zero attached hydrogens (tertiary/aromatic N) is 2. The quantitative estimate of drug-likeness (QED) is 0.472. The number of carbonyl (C=O) groups is 4. The van der Waals surface area contributed by atoms with Crippen molar-refractivity contribution < 1.29 is 19.2 Å². The molecule has 2 aromatic carbocycles. The van der Waals surface area contributed by atoms with Crippen molar-refractivity contribution in [2.75, 3.05) is 13.1 Å². The van der Waals surface area contributed by atoms with Crippen LogP contribution in [0.4, 0.5) is 0 Å². The highest BCUT2D eigenvalue weighted by atomic mass is 79.9. The topological polar surface area (TPSA) is 86.8 Å². The van der Waals surface area contributed by atoms with Crippen LogP contribution in [0.5, 0.6) is 0 Å². The Balaban J connectivity index is 1.66. The van der Waals surface area contributed by atoms with E-state index >= 15 is 0 Å². The molecule has 7 nitrogen and oxygen atoms in total. The summed E-state index contributed by atoms with van der Waals surface area (Å²) >= 11 is 3.45. The van der Waals surface area contributed by atoms with Gasteiger partial charge in [-0.15, -0.1) is 0 Å². The minimum absolute atomic E-state index is 0.114. The van der Waals surface area contributed by atoms with E-state index in [0.717, 1.165) is 10.0 Å². The summed E-state index contributed by atoms with van der Waals surface area (Å²) in [6.45, 7) is 6.69. The molecular weight excluding hydrogens is 498 g/mol. The van der Waals surface area contributed by atoms with E-state index in [4.69, 9.17) is 0 Å². The Bertz CT molecular complexity index is 1050. The molecule has 0 fully saturated rings. The van der Waals surface area contributed by atoms with Gasteiger partial charge < -0.3 is 10.2 Å². The minimum Gasteiger partial charge on any atom is -0.354 e. The highest BCUT2D eigenvalue weighted by Crippen LogP contribution is 2.23. The summed E-state index contributed by atoms with van der Waals surface area (Å²) in [7, 11) is 0. The van der Waals surface area contributed by atoms with E-state index < -0.39 is 6.04 Å². The Kier molecular flexibility index (Phi) is 8.61. The van der Waals surface area contributed by atoms with Crippen LogP contribution in [0.15, 0.2) is 53.0 Å². The van der Waals surface area contributed by atoms with E-state index in [0.29, 0.717) is 30.0 Å². The minimum atomic E-state index is -0.662. The standard InChI is InChI=1S/C26H30BrN3O4/c1-17(2)15-28-24(32)18(3)30(16-19-8-6-9-20(27)14-19)23(31)12-7-13-29-25(33)21-10-4-5-11-22(21)26(29)34/h4-6,8-11,14,17-18H,7,12-13,15-16H2,1-3H3,(H,28,32)/t18-/m0/s1. The summed E-state index contributed by atoms with van der Waals surface area (Å²) in [5.74, 6) is -0.785. The van der Waals surface area contributed by atoms with E-state index in [2.05, 4.69) is 21.2 Å². The van der Waals surface area contributed by atoms with Crippen molar-refractivity contribution in [3.05, 3.63) is 69.7 Å². The molecule has 8 heteroatoms. The van der Waals surface area contributed by atoms with Crippen LogP contribution in [0.25, 0.3) is 0 Å². The lowest BCUT2D eigenvalue weighted by Gasteiger charge is -2.29. The smallest absolute Gasteiger partial charge is 0.261 e. The second-order valence-corrected chi connectivity index (χ2v) is 9.79. The van der Waals surface area contributed by atoms with E-state index in [-0.39, 0.29) is 43.1 Å². The van der Waals surface area contributed by atoms with Crippen LogP contribution < -0.4 is 5.32 Å². The zero-order valence-corrected chi connectivity index (χ0v) is 21.3. The molecule has 0 unspecified atom stereocenters. The Hall–Kier alpha value is -3.00. The lowest BCUT2D eigenvalue weighted by molar-refractivity contribution is -0.140. The molecule has 0 spiro atoms. The Morgan fingerprint density at radius 2 is 1.65 bits per heavy atom. The first-order valence-electron chi connectivity index (χ1n) is 11.5. The van der Waals surface area contributed by atoms with Gasteiger partial charge >= 0.3 is 0 Å². The number of carbonyl (C=O) groups excluding carboxylic acids is 4. The Labute approximate surface area is 208 Å². The largest absolute Gasteiger partial charge is 0.354 e. The third-order valence-electron chi connectivity index (χ3n) is 5.74. The molecule has 0 aromatic heterocycles. The van der Waals surface area contributed by atoms with E-state index in [1.807, 2.05) is 38.1 Å². The van der Waals surface area contributed by atoms with Gasteiger partial charge in [0.25, 0.3) is 11.8 Å². The molecule has 0 bridgehead atoms. The maximum Gasteiger partial charge on any atom is 0.261 e. The van der Waals surface area contributed by atoms with Crippen molar-refractivity contribution >= 4 is 39.6 Å². The molecule has 2 aromatic rings. The third-order valence-corrected chi connectivity index (χ3v) is 6.24. The Morgan fingerprint density at radius 3 is 2.24 bits per heavy atom. The van der Waals surface area contributed by atoms with E-state index in [1.165, 1.54) is 4.90 Å². The number of imide groups is 1. The van der Waals surface area contributed by atoms with Gasteiger partial charge in [-0.1, -0.05) is 54.0 Å². The van der Waals surface area contributed by atoms with Crippen molar-refractivity contribution in [1.29, 1.82) is 0 Å². The van der Waals surface area contributed by atoms with Crippen molar-refractivity contribution in [3.63, 3.8) is 0 Å². The van der Waals surface area contributed by atoms with Crippen LogP contribution in [0.2, 0.25) is 0 Å². The average molecular weight is 528 g/mol. The maximum absolute atomic E-state index is 13.2. The van der Waals surface area contributed by atoms with Gasteiger partial charge in [0.05, 0.1) is 11.1 Å². The number of halogens is 1. The number of nitrogens with one attached hydrogen (secondary N) is 1. The van der Waals surface area contributed by atoms with Crippen LogP contribution >= 0.6 is 15.9 Å².